The molecule has 5 nitrogen and oxygen atoms in total. The highest BCUT2D eigenvalue weighted by molar-refractivity contribution is 5.79. The summed E-state index contributed by atoms with van der Waals surface area (Å²) in [7, 11) is 0. The highest BCUT2D eigenvalue weighted by Crippen LogP contribution is 2.55. The molecule has 7 atom stereocenters. The van der Waals surface area contributed by atoms with Crippen molar-refractivity contribution in [2.45, 2.75) is 84.9 Å². The van der Waals surface area contributed by atoms with Crippen LogP contribution in [-0.4, -0.2) is 35.1 Å². The molecule has 31 heavy (non-hydrogen) atoms. The summed E-state index contributed by atoms with van der Waals surface area (Å²) in [6.07, 6.45) is 3.68. The highest BCUT2D eigenvalue weighted by Gasteiger charge is 2.53. The number of aliphatic hydroxyl groups is 1. The summed E-state index contributed by atoms with van der Waals surface area (Å²) >= 11 is 0. The fraction of sp³-hybridized carbons (Fsp3) is 0.692. The van der Waals surface area contributed by atoms with Crippen LogP contribution in [-0.2, 0) is 16.0 Å². The van der Waals surface area contributed by atoms with Crippen molar-refractivity contribution in [1.82, 2.24) is 10.6 Å². The summed E-state index contributed by atoms with van der Waals surface area (Å²) in [6, 6.07) is 9.95. The molecule has 2 aliphatic carbocycles. The zero-order valence-electron chi connectivity index (χ0n) is 19.7. The summed E-state index contributed by atoms with van der Waals surface area (Å²) in [5.41, 5.74) is 1.07. The fourth-order valence-corrected chi connectivity index (χ4v) is 6.15. The van der Waals surface area contributed by atoms with Crippen LogP contribution in [0, 0.1) is 29.1 Å². The predicted molar refractivity (Wildman–Crippen MR) is 123 cm³/mol. The summed E-state index contributed by atoms with van der Waals surface area (Å²) < 4.78 is 0. The maximum Gasteiger partial charge on any atom is 0.224 e. The van der Waals surface area contributed by atoms with Gasteiger partial charge in [-0.2, -0.15) is 0 Å². The van der Waals surface area contributed by atoms with Gasteiger partial charge in [0.1, 0.15) is 0 Å². The average molecular weight is 429 g/mol. The van der Waals surface area contributed by atoms with Gasteiger partial charge >= 0.3 is 0 Å². The van der Waals surface area contributed by atoms with Crippen LogP contribution in [0.1, 0.15) is 65.9 Å². The number of carbonyl (C=O) groups excluding carboxylic acids is 2. The van der Waals surface area contributed by atoms with E-state index < -0.39 is 6.10 Å². The SMILES string of the molecule is CC(C)NC(=O)[C@@H](C)[C@@H]1CC[C@]2(C)CC[C@H](NC(=O)Cc3ccccc3)[C@H](C)[C@@H]2[C@H]1O. The van der Waals surface area contributed by atoms with Gasteiger partial charge in [-0.3, -0.25) is 9.59 Å². The van der Waals surface area contributed by atoms with Gasteiger partial charge in [-0.15, -0.1) is 0 Å². The van der Waals surface area contributed by atoms with Crippen molar-refractivity contribution >= 4 is 11.8 Å². The molecule has 2 amide bonds. The Kier molecular flexibility index (Phi) is 7.46. The fourth-order valence-electron chi connectivity index (χ4n) is 6.15. The molecule has 2 fully saturated rings. The quantitative estimate of drug-likeness (QED) is 0.646. The van der Waals surface area contributed by atoms with E-state index >= 15 is 0 Å². The van der Waals surface area contributed by atoms with Crippen molar-refractivity contribution in [3.05, 3.63) is 35.9 Å². The zero-order valence-corrected chi connectivity index (χ0v) is 19.7. The Morgan fingerprint density at radius 3 is 2.42 bits per heavy atom. The van der Waals surface area contributed by atoms with Gasteiger partial charge in [0.2, 0.25) is 11.8 Å². The van der Waals surface area contributed by atoms with Gasteiger partial charge in [0, 0.05) is 18.0 Å². The molecule has 0 aliphatic heterocycles. The molecular formula is C26H40N2O3. The first-order chi connectivity index (χ1) is 14.6. The molecule has 2 saturated carbocycles. The Balaban J connectivity index is 1.69. The topological polar surface area (TPSA) is 78.4 Å². The van der Waals surface area contributed by atoms with Crippen molar-refractivity contribution < 1.29 is 14.7 Å². The van der Waals surface area contributed by atoms with Crippen LogP contribution in [0.4, 0.5) is 0 Å². The Bertz CT molecular complexity index is 765. The van der Waals surface area contributed by atoms with E-state index in [9.17, 15) is 14.7 Å². The molecule has 1 aromatic rings. The normalized spacial score (nSPS) is 34.0. The van der Waals surface area contributed by atoms with Gasteiger partial charge in [-0.25, -0.2) is 0 Å². The van der Waals surface area contributed by atoms with Crippen LogP contribution >= 0.6 is 0 Å². The predicted octanol–water partition coefficient (Wildman–Crippen LogP) is 3.70. The molecule has 3 N–H and O–H groups in total. The lowest BCUT2D eigenvalue weighted by molar-refractivity contribution is -0.144. The van der Waals surface area contributed by atoms with Crippen molar-refractivity contribution in [3.63, 3.8) is 0 Å². The minimum absolute atomic E-state index is 0.0267. The van der Waals surface area contributed by atoms with Gasteiger partial charge in [0.25, 0.3) is 0 Å². The number of amides is 2. The van der Waals surface area contributed by atoms with E-state index in [1.54, 1.807) is 0 Å². The van der Waals surface area contributed by atoms with Crippen LogP contribution in [0.25, 0.3) is 0 Å². The number of benzene rings is 1. The van der Waals surface area contributed by atoms with Gasteiger partial charge < -0.3 is 15.7 Å². The zero-order chi connectivity index (χ0) is 22.8. The molecule has 5 heteroatoms. The second-order valence-electron chi connectivity index (χ2n) is 10.6. The molecule has 0 bridgehead atoms. The lowest BCUT2D eigenvalue weighted by Crippen LogP contribution is -2.58. The molecule has 0 unspecified atom stereocenters. The van der Waals surface area contributed by atoms with Crippen LogP contribution in [0.15, 0.2) is 30.3 Å². The number of rotatable bonds is 6. The monoisotopic (exact) mass is 428 g/mol. The van der Waals surface area contributed by atoms with Crippen molar-refractivity contribution in [3.8, 4) is 0 Å². The van der Waals surface area contributed by atoms with Crippen molar-refractivity contribution in [1.29, 1.82) is 0 Å². The Labute approximate surface area is 187 Å². The molecule has 0 saturated heterocycles. The van der Waals surface area contributed by atoms with E-state index in [1.165, 1.54) is 0 Å². The summed E-state index contributed by atoms with van der Waals surface area (Å²) in [5, 5.41) is 17.7. The van der Waals surface area contributed by atoms with Gasteiger partial charge in [0.15, 0.2) is 0 Å². The summed E-state index contributed by atoms with van der Waals surface area (Å²) in [4.78, 5) is 25.3. The summed E-state index contributed by atoms with van der Waals surface area (Å²) in [5.74, 6) is 0.0465. The first-order valence-corrected chi connectivity index (χ1v) is 11.9. The largest absolute Gasteiger partial charge is 0.392 e. The standard InChI is InChI=1S/C26H40N2O3/c1-16(2)27-25(31)17(3)20-11-13-26(5)14-12-21(18(4)23(26)24(20)30)28-22(29)15-19-9-7-6-8-10-19/h6-10,16-18,20-21,23-24,30H,11-15H2,1-5H3,(H,27,31)(H,28,29)/t17-,18-,20-,21-,23+,24-,26+/m0/s1. The van der Waals surface area contributed by atoms with E-state index in [1.807, 2.05) is 51.1 Å². The van der Waals surface area contributed by atoms with Gasteiger partial charge in [-0.05, 0) is 68.3 Å². The molecule has 0 spiro atoms. The van der Waals surface area contributed by atoms with Crippen molar-refractivity contribution in [2.24, 2.45) is 29.1 Å². The van der Waals surface area contributed by atoms with Crippen LogP contribution in [0.2, 0.25) is 0 Å². The second-order valence-corrected chi connectivity index (χ2v) is 10.6. The minimum Gasteiger partial charge on any atom is -0.392 e. The molecule has 1 aromatic carbocycles. The Morgan fingerprint density at radius 2 is 1.77 bits per heavy atom. The lowest BCUT2D eigenvalue weighted by atomic mass is 9.51. The third-order valence-electron chi connectivity index (χ3n) is 7.93. The van der Waals surface area contributed by atoms with Gasteiger partial charge in [-0.1, -0.05) is 51.1 Å². The van der Waals surface area contributed by atoms with E-state index in [2.05, 4.69) is 24.5 Å². The molecule has 0 heterocycles. The van der Waals surface area contributed by atoms with Crippen LogP contribution < -0.4 is 10.6 Å². The number of carbonyl (C=O) groups is 2. The Morgan fingerprint density at radius 1 is 1.13 bits per heavy atom. The molecule has 2 aliphatic rings. The molecule has 0 aromatic heterocycles. The van der Waals surface area contributed by atoms with Crippen LogP contribution in [0.3, 0.4) is 0 Å². The minimum atomic E-state index is -0.532. The Hall–Kier alpha value is -1.88. The number of aliphatic hydroxyl groups excluding tert-OH is 1. The van der Waals surface area contributed by atoms with Gasteiger partial charge in [0.05, 0.1) is 12.5 Å². The first kappa shape index (κ1) is 23.8. The molecule has 172 valence electrons. The van der Waals surface area contributed by atoms with E-state index in [0.717, 1.165) is 31.2 Å². The average Bonchev–Trinajstić information content (AvgIpc) is 2.70. The van der Waals surface area contributed by atoms with Crippen LogP contribution in [0.5, 0.6) is 0 Å². The number of hydrogen-bond donors (Lipinski definition) is 3. The maximum atomic E-state index is 12.7. The smallest absolute Gasteiger partial charge is 0.224 e. The van der Waals surface area contributed by atoms with E-state index in [4.69, 9.17) is 0 Å². The third-order valence-corrected chi connectivity index (χ3v) is 7.93. The van der Waals surface area contributed by atoms with Crippen molar-refractivity contribution in [2.75, 3.05) is 0 Å². The molecular weight excluding hydrogens is 388 g/mol. The number of hydrogen-bond acceptors (Lipinski definition) is 3. The maximum absolute atomic E-state index is 12.7. The summed E-state index contributed by atoms with van der Waals surface area (Å²) in [6.45, 7) is 10.3. The molecule has 3 rings (SSSR count). The third kappa shape index (κ3) is 5.31. The molecule has 0 radical (unpaired) electrons. The second kappa shape index (κ2) is 9.72. The number of fused-ring (bicyclic) bond motifs is 1. The van der Waals surface area contributed by atoms with E-state index in [-0.39, 0.29) is 53.0 Å². The first-order valence-electron chi connectivity index (χ1n) is 11.9. The highest BCUT2D eigenvalue weighted by atomic mass is 16.3. The number of nitrogens with one attached hydrogen (secondary N) is 2. The lowest BCUT2D eigenvalue weighted by Gasteiger charge is -2.56. The van der Waals surface area contributed by atoms with E-state index in [0.29, 0.717) is 6.42 Å².